The summed E-state index contributed by atoms with van der Waals surface area (Å²) in [5.41, 5.74) is 3.76. The predicted molar refractivity (Wildman–Crippen MR) is 128 cm³/mol. The van der Waals surface area contributed by atoms with Crippen LogP contribution in [0.15, 0.2) is 60.0 Å². The van der Waals surface area contributed by atoms with Crippen molar-refractivity contribution in [3.05, 3.63) is 65.5 Å². The van der Waals surface area contributed by atoms with Crippen molar-refractivity contribution in [1.82, 2.24) is 4.98 Å². The Labute approximate surface area is 188 Å². The SMILES string of the molecule is CCC(C(=O)Nc1cccc(-c2csc(N3CC(C)OC(C)C3)n2)c1)c1ccccc1. The summed E-state index contributed by atoms with van der Waals surface area (Å²) in [6.07, 6.45) is 1.15. The van der Waals surface area contributed by atoms with Gasteiger partial charge in [0.15, 0.2) is 5.13 Å². The Balaban J connectivity index is 1.49. The molecule has 1 aliphatic rings. The van der Waals surface area contributed by atoms with Gasteiger partial charge >= 0.3 is 0 Å². The number of thiazole rings is 1. The number of ether oxygens (including phenoxy) is 1. The third-order valence-electron chi connectivity index (χ3n) is 5.53. The molecule has 1 N–H and O–H groups in total. The third kappa shape index (κ3) is 5.14. The number of amides is 1. The molecular weight excluding hydrogens is 406 g/mol. The number of benzene rings is 2. The molecule has 4 rings (SSSR count). The third-order valence-corrected chi connectivity index (χ3v) is 6.44. The Morgan fingerprint density at radius 2 is 1.90 bits per heavy atom. The Morgan fingerprint density at radius 3 is 2.61 bits per heavy atom. The van der Waals surface area contributed by atoms with Crippen molar-refractivity contribution in [1.29, 1.82) is 0 Å². The zero-order chi connectivity index (χ0) is 21.8. The number of anilines is 2. The molecule has 162 valence electrons. The zero-order valence-corrected chi connectivity index (χ0v) is 19.1. The van der Waals surface area contributed by atoms with Crippen LogP contribution in [0.4, 0.5) is 10.8 Å². The maximum absolute atomic E-state index is 12.9. The first kappa shape index (κ1) is 21.5. The van der Waals surface area contributed by atoms with Crippen LogP contribution >= 0.6 is 11.3 Å². The van der Waals surface area contributed by atoms with E-state index >= 15 is 0 Å². The molecule has 0 spiro atoms. The maximum atomic E-state index is 12.9. The minimum atomic E-state index is -0.166. The van der Waals surface area contributed by atoms with E-state index in [0.29, 0.717) is 0 Å². The second kappa shape index (κ2) is 9.62. The second-order valence-corrected chi connectivity index (χ2v) is 8.96. The van der Waals surface area contributed by atoms with Gasteiger partial charge in [-0.1, -0.05) is 49.4 Å². The minimum absolute atomic E-state index is 0.0149. The van der Waals surface area contributed by atoms with Crippen molar-refractivity contribution in [2.45, 2.75) is 45.3 Å². The molecule has 31 heavy (non-hydrogen) atoms. The molecule has 1 aliphatic heterocycles. The molecule has 0 aliphatic carbocycles. The van der Waals surface area contributed by atoms with Crippen LogP contribution in [0.3, 0.4) is 0 Å². The highest BCUT2D eigenvalue weighted by atomic mass is 32.1. The summed E-state index contributed by atoms with van der Waals surface area (Å²) in [7, 11) is 0. The van der Waals surface area contributed by atoms with E-state index in [1.807, 2.05) is 61.5 Å². The average Bonchev–Trinajstić information content (AvgIpc) is 3.25. The highest BCUT2D eigenvalue weighted by molar-refractivity contribution is 7.14. The van der Waals surface area contributed by atoms with Crippen molar-refractivity contribution in [3.63, 3.8) is 0 Å². The summed E-state index contributed by atoms with van der Waals surface area (Å²) >= 11 is 1.65. The number of morpholine rings is 1. The average molecular weight is 436 g/mol. The van der Waals surface area contributed by atoms with E-state index in [2.05, 4.69) is 29.4 Å². The zero-order valence-electron chi connectivity index (χ0n) is 18.2. The quantitative estimate of drug-likeness (QED) is 0.551. The van der Waals surface area contributed by atoms with Gasteiger partial charge in [0, 0.05) is 29.7 Å². The standard InChI is InChI=1S/C25H29N3O2S/c1-4-22(19-9-6-5-7-10-19)24(29)26-21-12-8-11-20(13-21)23-16-31-25(27-23)28-14-17(2)30-18(3)15-28/h5-13,16-18,22H,4,14-15H2,1-3H3,(H,26,29). The summed E-state index contributed by atoms with van der Waals surface area (Å²) in [5.74, 6) is -0.151. The Hall–Kier alpha value is -2.70. The van der Waals surface area contributed by atoms with Crippen molar-refractivity contribution in [3.8, 4) is 11.3 Å². The number of hydrogen-bond donors (Lipinski definition) is 1. The van der Waals surface area contributed by atoms with Crippen molar-refractivity contribution >= 4 is 28.1 Å². The molecule has 2 heterocycles. The summed E-state index contributed by atoms with van der Waals surface area (Å²) in [6, 6.07) is 17.9. The number of nitrogens with one attached hydrogen (secondary N) is 1. The lowest BCUT2D eigenvalue weighted by atomic mass is 9.95. The molecule has 3 atom stereocenters. The van der Waals surface area contributed by atoms with E-state index < -0.39 is 0 Å². The van der Waals surface area contributed by atoms with Crippen LogP contribution in [-0.4, -0.2) is 36.2 Å². The fourth-order valence-electron chi connectivity index (χ4n) is 4.12. The van der Waals surface area contributed by atoms with Crippen LogP contribution in [0.1, 0.15) is 38.7 Å². The van der Waals surface area contributed by atoms with E-state index in [1.54, 1.807) is 11.3 Å². The largest absolute Gasteiger partial charge is 0.372 e. The van der Waals surface area contributed by atoms with Crippen molar-refractivity contribution in [2.24, 2.45) is 0 Å². The van der Waals surface area contributed by atoms with Gasteiger partial charge in [0.25, 0.3) is 0 Å². The lowest BCUT2D eigenvalue weighted by molar-refractivity contribution is -0.117. The fourth-order valence-corrected chi connectivity index (χ4v) is 4.97. The summed E-state index contributed by atoms with van der Waals surface area (Å²) in [4.78, 5) is 20.1. The van der Waals surface area contributed by atoms with Crippen LogP contribution < -0.4 is 10.2 Å². The van der Waals surface area contributed by atoms with Crippen molar-refractivity contribution < 1.29 is 9.53 Å². The van der Waals surface area contributed by atoms with Gasteiger partial charge in [0.1, 0.15) is 0 Å². The number of rotatable bonds is 6. The second-order valence-electron chi connectivity index (χ2n) is 8.12. The molecule has 0 bridgehead atoms. The molecule has 0 saturated carbocycles. The van der Waals surface area contributed by atoms with Gasteiger partial charge in [-0.15, -0.1) is 11.3 Å². The van der Waals surface area contributed by atoms with Gasteiger partial charge < -0.3 is 15.0 Å². The van der Waals surface area contributed by atoms with Gasteiger partial charge in [-0.3, -0.25) is 4.79 Å². The molecule has 1 aromatic heterocycles. The van der Waals surface area contributed by atoms with Gasteiger partial charge in [-0.2, -0.15) is 0 Å². The van der Waals surface area contributed by atoms with Gasteiger partial charge in [-0.05, 0) is 38.0 Å². The molecule has 1 saturated heterocycles. The topological polar surface area (TPSA) is 54.5 Å². The van der Waals surface area contributed by atoms with E-state index in [-0.39, 0.29) is 24.0 Å². The molecule has 1 fully saturated rings. The number of carbonyl (C=O) groups is 1. The molecule has 5 nitrogen and oxygen atoms in total. The first-order valence-electron chi connectivity index (χ1n) is 10.9. The van der Waals surface area contributed by atoms with Gasteiger partial charge in [0.05, 0.1) is 23.8 Å². The lowest BCUT2D eigenvalue weighted by Crippen LogP contribution is -2.45. The molecule has 1 amide bonds. The van der Waals surface area contributed by atoms with E-state index in [4.69, 9.17) is 9.72 Å². The van der Waals surface area contributed by atoms with Gasteiger partial charge in [0.2, 0.25) is 5.91 Å². The number of aromatic nitrogens is 1. The summed E-state index contributed by atoms with van der Waals surface area (Å²) in [6.45, 7) is 7.94. The Bertz CT molecular complexity index is 1010. The first-order chi connectivity index (χ1) is 15.0. The Kier molecular flexibility index (Phi) is 6.68. The number of nitrogens with zero attached hydrogens (tertiary/aromatic N) is 2. The molecule has 6 heteroatoms. The minimum Gasteiger partial charge on any atom is -0.372 e. The van der Waals surface area contributed by atoms with Crippen molar-refractivity contribution in [2.75, 3.05) is 23.3 Å². The molecule has 2 aromatic carbocycles. The van der Waals surface area contributed by atoms with Crippen LogP contribution in [0.25, 0.3) is 11.3 Å². The highest BCUT2D eigenvalue weighted by Crippen LogP contribution is 2.31. The fraction of sp³-hybridized carbons (Fsp3) is 0.360. The highest BCUT2D eigenvalue weighted by Gasteiger charge is 2.24. The lowest BCUT2D eigenvalue weighted by Gasteiger charge is -2.35. The van der Waals surface area contributed by atoms with Crippen LogP contribution in [0.2, 0.25) is 0 Å². The normalized spacial score (nSPS) is 19.8. The summed E-state index contributed by atoms with van der Waals surface area (Å²) < 4.78 is 5.84. The number of carbonyl (C=O) groups excluding carboxylic acids is 1. The first-order valence-corrected chi connectivity index (χ1v) is 11.7. The maximum Gasteiger partial charge on any atom is 0.231 e. The molecule has 3 aromatic rings. The predicted octanol–water partition coefficient (Wildman–Crippen LogP) is 5.56. The monoisotopic (exact) mass is 435 g/mol. The molecular formula is C25H29N3O2S. The van der Waals surface area contributed by atoms with Crippen LogP contribution in [0, 0.1) is 0 Å². The van der Waals surface area contributed by atoms with Gasteiger partial charge in [-0.25, -0.2) is 4.98 Å². The van der Waals surface area contributed by atoms with Crippen LogP contribution in [0.5, 0.6) is 0 Å². The van der Waals surface area contributed by atoms with E-state index in [0.717, 1.165) is 47.2 Å². The smallest absolute Gasteiger partial charge is 0.231 e. The summed E-state index contributed by atoms with van der Waals surface area (Å²) in [5, 5.41) is 6.19. The molecule has 3 unspecified atom stereocenters. The Morgan fingerprint density at radius 1 is 1.16 bits per heavy atom. The molecule has 0 radical (unpaired) electrons. The van der Waals surface area contributed by atoms with Crippen LogP contribution in [-0.2, 0) is 9.53 Å². The van der Waals surface area contributed by atoms with E-state index in [9.17, 15) is 4.79 Å². The number of hydrogen-bond acceptors (Lipinski definition) is 5. The van der Waals surface area contributed by atoms with E-state index in [1.165, 1.54) is 0 Å².